The molecule has 0 radical (unpaired) electrons. The van der Waals surface area contributed by atoms with E-state index in [0.29, 0.717) is 11.1 Å². The summed E-state index contributed by atoms with van der Waals surface area (Å²) >= 11 is 0. The van der Waals surface area contributed by atoms with E-state index in [1.165, 1.54) is 36.4 Å². The molecular formula is C18H15F2NO3. The van der Waals surface area contributed by atoms with Crippen molar-refractivity contribution in [3.63, 3.8) is 0 Å². The van der Waals surface area contributed by atoms with Gasteiger partial charge < -0.3 is 5.32 Å². The molecule has 4 nitrogen and oxygen atoms in total. The van der Waals surface area contributed by atoms with Crippen LogP contribution in [0.1, 0.15) is 33.6 Å². The van der Waals surface area contributed by atoms with Crippen LogP contribution in [0.4, 0.5) is 8.78 Å². The van der Waals surface area contributed by atoms with Crippen LogP contribution in [0, 0.1) is 11.6 Å². The lowest BCUT2D eigenvalue weighted by Crippen LogP contribution is -2.29. The van der Waals surface area contributed by atoms with Crippen LogP contribution in [0.2, 0.25) is 0 Å². The Morgan fingerprint density at radius 1 is 0.708 bits per heavy atom. The molecule has 2 aromatic rings. The smallest absolute Gasteiger partial charge is 0.220 e. The highest BCUT2D eigenvalue weighted by molar-refractivity contribution is 6.00. The van der Waals surface area contributed by atoms with Gasteiger partial charge in [-0.3, -0.25) is 14.4 Å². The van der Waals surface area contributed by atoms with Gasteiger partial charge in [-0.25, -0.2) is 8.78 Å². The Balaban J connectivity index is 1.77. The lowest BCUT2D eigenvalue weighted by atomic mass is 10.1. The van der Waals surface area contributed by atoms with E-state index < -0.39 is 17.5 Å². The predicted octanol–water partition coefficient (Wildman–Crippen LogP) is 2.93. The molecule has 0 spiro atoms. The number of rotatable bonds is 7. The van der Waals surface area contributed by atoms with Crippen molar-refractivity contribution in [3.8, 4) is 0 Å². The monoisotopic (exact) mass is 331 g/mol. The number of hydrogen-bond acceptors (Lipinski definition) is 3. The first-order chi connectivity index (χ1) is 11.5. The summed E-state index contributed by atoms with van der Waals surface area (Å²) in [5.74, 6) is -1.97. The first-order valence-electron chi connectivity index (χ1n) is 7.30. The number of amides is 1. The Hall–Kier alpha value is -2.89. The van der Waals surface area contributed by atoms with E-state index >= 15 is 0 Å². The molecule has 0 fully saturated rings. The van der Waals surface area contributed by atoms with Crippen LogP contribution < -0.4 is 5.32 Å². The van der Waals surface area contributed by atoms with E-state index in [-0.39, 0.29) is 31.0 Å². The fraction of sp³-hybridized carbons (Fsp3) is 0.167. The van der Waals surface area contributed by atoms with Crippen molar-refractivity contribution in [1.82, 2.24) is 5.32 Å². The molecule has 0 aliphatic carbocycles. The van der Waals surface area contributed by atoms with Gasteiger partial charge in [0.05, 0.1) is 6.54 Å². The first-order valence-corrected chi connectivity index (χ1v) is 7.30. The van der Waals surface area contributed by atoms with Gasteiger partial charge in [0, 0.05) is 24.0 Å². The lowest BCUT2D eigenvalue weighted by Gasteiger charge is -2.05. The van der Waals surface area contributed by atoms with Gasteiger partial charge in [-0.1, -0.05) is 0 Å². The maximum absolute atomic E-state index is 12.8. The van der Waals surface area contributed by atoms with Crippen LogP contribution in [-0.2, 0) is 4.79 Å². The van der Waals surface area contributed by atoms with E-state index in [0.717, 1.165) is 12.1 Å². The third-order valence-corrected chi connectivity index (χ3v) is 3.36. The number of benzene rings is 2. The molecule has 124 valence electrons. The summed E-state index contributed by atoms with van der Waals surface area (Å²) in [6.07, 6.45) is -0.116. The second kappa shape index (κ2) is 8.10. The fourth-order valence-electron chi connectivity index (χ4n) is 2.01. The number of carbonyl (C=O) groups is 3. The molecule has 0 bridgehead atoms. The molecule has 0 heterocycles. The summed E-state index contributed by atoms with van der Waals surface area (Å²) < 4.78 is 25.5. The molecule has 0 aromatic heterocycles. The Labute approximate surface area is 137 Å². The highest BCUT2D eigenvalue weighted by Crippen LogP contribution is 2.07. The Kier molecular flexibility index (Phi) is 5.89. The number of nitrogens with one attached hydrogen (secondary N) is 1. The Morgan fingerprint density at radius 3 is 1.67 bits per heavy atom. The van der Waals surface area contributed by atoms with Crippen molar-refractivity contribution in [2.45, 2.75) is 12.8 Å². The van der Waals surface area contributed by atoms with Gasteiger partial charge in [0.25, 0.3) is 0 Å². The van der Waals surface area contributed by atoms with Crippen molar-refractivity contribution in [2.75, 3.05) is 6.54 Å². The summed E-state index contributed by atoms with van der Waals surface area (Å²) in [6.45, 7) is -0.227. The number of Topliss-reactive ketones (excluding diaryl/α,β-unsaturated/α-hetero) is 2. The maximum Gasteiger partial charge on any atom is 0.220 e. The number of halogens is 2. The fourth-order valence-corrected chi connectivity index (χ4v) is 2.01. The lowest BCUT2D eigenvalue weighted by molar-refractivity contribution is -0.120. The Morgan fingerprint density at radius 2 is 1.17 bits per heavy atom. The standard InChI is InChI=1S/C18H15F2NO3/c19-14-5-1-12(2-6-14)16(22)9-10-18(24)21-11-17(23)13-3-7-15(20)8-4-13/h1-8H,9-11H2,(H,21,24). The molecule has 0 unspecified atom stereocenters. The average molecular weight is 331 g/mol. The summed E-state index contributed by atoms with van der Waals surface area (Å²) in [6, 6.07) is 10.1. The van der Waals surface area contributed by atoms with E-state index in [2.05, 4.69) is 5.32 Å². The zero-order valence-corrected chi connectivity index (χ0v) is 12.7. The number of ketones is 2. The van der Waals surface area contributed by atoms with Gasteiger partial charge in [0.2, 0.25) is 5.91 Å². The van der Waals surface area contributed by atoms with Gasteiger partial charge in [-0.15, -0.1) is 0 Å². The molecule has 0 saturated carbocycles. The van der Waals surface area contributed by atoms with Crippen LogP contribution in [0.15, 0.2) is 48.5 Å². The highest BCUT2D eigenvalue weighted by Gasteiger charge is 2.11. The minimum Gasteiger partial charge on any atom is -0.349 e. The molecule has 2 rings (SSSR count). The molecule has 0 aliphatic heterocycles. The van der Waals surface area contributed by atoms with E-state index in [4.69, 9.17) is 0 Å². The van der Waals surface area contributed by atoms with Gasteiger partial charge in [-0.2, -0.15) is 0 Å². The van der Waals surface area contributed by atoms with Gasteiger partial charge in [0.15, 0.2) is 11.6 Å². The van der Waals surface area contributed by atoms with Crippen LogP contribution in [0.3, 0.4) is 0 Å². The van der Waals surface area contributed by atoms with E-state index in [1.807, 2.05) is 0 Å². The maximum atomic E-state index is 12.8. The van der Waals surface area contributed by atoms with Crippen molar-refractivity contribution in [2.24, 2.45) is 0 Å². The molecular weight excluding hydrogens is 316 g/mol. The third kappa shape index (κ3) is 5.08. The van der Waals surface area contributed by atoms with Crippen LogP contribution in [-0.4, -0.2) is 24.0 Å². The van der Waals surface area contributed by atoms with Crippen molar-refractivity contribution in [1.29, 1.82) is 0 Å². The third-order valence-electron chi connectivity index (χ3n) is 3.36. The van der Waals surface area contributed by atoms with Crippen LogP contribution in [0.25, 0.3) is 0 Å². The molecule has 6 heteroatoms. The van der Waals surface area contributed by atoms with Crippen molar-refractivity contribution in [3.05, 3.63) is 71.3 Å². The van der Waals surface area contributed by atoms with E-state index in [9.17, 15) is 23.2 Å². The second-order valence-corrected chi connectivity index (χ2v) is 5.14. The molecule has 0 atom stereocenters. The summed E-state index contributed by atoms with van der Waals surface area (Å²) in [5.41, 5.74) is 0.616. The van der Waals surface area contributed by atoms with Gasteiger partial charge in [-0.05, 0) is 48.5 Å². The molecule has 0 aliphatic rings. The summed E-state index contributed by atoms with van der Waals surface area (Å²) in [7, 11) is 0. The molecule has 2 aromatic carbocycles. The predicted molar refractivity (Wildman–Crippen MR) is 83.7 cm³/mol. The zero-order chi connectivity index (χ0) is 17.5. The van der Waals surface area contributed by atoms with E-state index in [1.54, 1.807) is 0 Å². The Bertz CT molecular complexity index is 676. The van der Waals surface area contributed by atoms with Crippen molar-refractivity contribution >= 4 is 17.5 Å². The minimum absolute atomic E-state index is 0.0395. The quantitative estimate of drug-likeness (QED) is 0.794. The average Bonchev–Trinajstić information content (AvgIpc) is 2.58. The zero-order valence-electron chi connectivity index (χ0n) is 12.7. The highest BCUT2D eigenvalue weighted by atomic mass is 19.1. The van der Waals surface area contributed by atoms with Gasteiger partial charge >= 0.3 is 0 Å². The largest absolute Gasteiger partial charge is 0.349 e. The van der Waals surface area contributed by atoms with Crippen molar-refractivity contribution < 1.29 is 23.2 Å². The topological polar surface area (TPSA) is 63.2 Å². The first kappa shape index (κ1) is 17.5. The van der Waals surface area contributed by atoms with Crippen LogP contribution >= 0.6 is 0 Å². The molecule has 1 amide bonds. The second-order valence-electron chi connectivity index (χ2n) is 5.14. The minimum atomic E-state index is -0.449. The molecule has 0 saturated heterocycles. The number of hydrogen-bond donors (Lipinski definition) is 1. The summed E-state index contributed by atoms with van der Waals surface area (Å²) in [5, 5.41) is 2.42. The number of carbonyl (C=O) groups excluding carboxylic acids is 3. The SMILES string of the molecule is O=C(CCC(=O)c1ccc(F)cc1)NCC(=O)c1ccc(F)cc1. The molecule has 1 N–H and O–H groups in total. The normalized spacial score (nSPS) is 10.2. The summed E-state index contributed by atoms with van der Waals surface area (Å²) in [4.78, 5) is 35.3. The van der Waals surface area contributed by atoms with Gasteiger partial charge in [0.1, 0.15) is 11.6 Å². The van der Waals surface area contributed by atoms with Crippen LogP contribution in [0.5, 0.6) is 0 Å². The molecule has 24 heavy (non-hydrogen) atoms.